The fraction of sp³-hybridized carbons (Fsp3) is 0.300. The van der Waals surface area contributed by atoms with Gasteiger partial charge in [0.2, 0.25) is 0 Å². The highest BCUT2D eigenvalue weighted by Gasteiger charge is 2.27. The van der Waals surface area contributed by atoms with E-state index in [0.29, 0.717) is 28.6 Å². The van der Waals surface area contributed by atoms with Crippen LogP contribution in [0.25, 0.3) is 0 Å². The SMILES string of the molecule is CNc1ccc(C2=NN(C(C=O)c3cc(OC)c(OC)cc3Cl)CC2)cc1. The van der Waals surface area contributed by atoms with E-state index in [2.05, 4.69) is 10.4 Å². The molecule has 0 aromatic heterocycles. The minimum atomic E-state index is -0.591. The molecule has 0 bridgehead atoms. The lowest BCUT2D eigenvalue weighted by Gasteiger charge is -2.23. The molecular formula is C20H22ClN3O3. The lowest BCUT2D eigenvalue weighted by Crippen LogP contribution is -2.23. The molecule has 1 aliphatic rings. The molecule has 6 nitrogen and oxygen atoms in total. The molecule has 142 valence electrons. The molecule has 1 unspecified atom stereocenters. The predicted molar refractivity (Wildman–Crippen MR) is 107 cm³/mol. The van der Waals surface area contributed by atoms with E-state index in [1.807, 2.05) is 31.3 Å². The molecule has 0 radical (unpaired) electrons. The van der Waals surface area contributed by atoms with Gasteiger partial charge in [-0.25, -0.2) is 0 Å². The lowest BCUT2D eigenvalue weighted by molar-refractivity contribution is -0.112. The summed E-state index contributed by atoms with van der Waals surface area (Å²) in [5.74, 6) is 1.04. The van der Waals surface area contributed by atoms with E-state index in [1.165, 1.54) is 0 Å². The Hall–Kier alpha value is -2.73. The van der Waals surface area contributed by atoms with Gasteiger partial charge in [0.15, 0.2) is 11.5 Å². The number of carbonyl (C=O) groups is 1. The average molecular weight is 388 g/mol. The molecule has 0 aliphatic carbocycles. The maximum Gasteiger partial charge on any atom is 0.162 e. The van der Waals surface area contributed by atoms with Gasteiger partial charge in [-0.2, -0.15) is 5.10 Å². The molecule has 0 spiro atoms. The number of benzene rings is 2. The third kappa shape index (κ3) is 3.85. The first-order valence-electron chi connectivity index (χ1n) is 8.60. The summed E-state index contributed by atoms with van der Waals surface area (Å²) >= 11 is 6.40. The van der Waals surface area contributed by atoms with E-state index in [0.717, 1.165) is 29.7 Å². The van der Waals surface area contributed by atoms with Crippen LogP contribution in [0.5, 0.6) is 11.5 Å². The second-order valence-electron chi connectivity index (χ2n) is 6.10. The number of methoxy groups -OCH3 is 2. The number of aldehydes is 1. The zero-order valence-corrected chi connectivity index (χ0v) is 16.3. The van der Waals surface area contributed by atoms with Crippen LogP contribution in [-0.2, 0) is 4.79 Å². The topological polar surface area (TPSA) is 63.2 Å². The van der Waals surface area contributed by atoms with Crippen LogP contribution >= 0.6 is 11.6 Å². The van der Waals surface area contributed by atoms with Crippen molar-refractivity contribution in [2.45, 2.75) is 12.5 Å². The Morgan fingerprint density at radius 3 is 2.44 bits per heavy atom. The van der Waals surface area contributed by atoms with E-state index < -0.39 is 6.04 Å². The zero-order valence-electron chi connectivity index (χ0n) is 15.5. The smallest absolute Gasteiger partial charge is 0.162 e. The van der Waals surface area contributed by atoms with Crippen molar-refractivity contribution in [3.63, 3.8) is 0 Å². The van der Waals surface area contributed by atoms with Crippen molar-refractivity contribution in [2.75, 3.05) is 33.1 Å². The molecular weight excluding hydrogens is 366 g/mol. The highest BCUT2D eigenvalue weighted by Crippen LogP contribution is 2.38. The first-order valence-corrected chi connectivity index (χ1v) is 8.98. The summed E-state index contributed by atoms with van der Waals surface area (Å²) in [6.07, 6.45) is 1.61. The molecule has 1 heterocycles. The third-order valence-electron chi connectivity index (χ3n) is 4.61. The maximum atomic E-state index is 11.9. The minimum Gasteiger partial charge on any atom is -0.493 e. The van der Waals surface area contributed by atoms with Crippen molar-refractivity contribution >= 4 is 29.3 Å². The molecule has 0 saturated heterocycles. The Morgan fingerprint density at radius 2 is 1.85 bits per heavy atom. The maximum absolute atomic E-state index is 11.9. The number of nitrogens with zero attached hydrogens (tertiary/aromatic N) is 2. The molecule has 1 atom stereocenters. The number of ether oxygens (including phenoxy) is 2. The number of anilines is 1. The summed E-state index contributed by atoms with van der Waals surface area (Å²) in [5, 5.41) is 9.97. The molecule has 0 fully saturated rings. The van der Waals surface area contributed by atoms with Crippen LogP contribution in [-0.4, -0.2) is 44.8 Å². The van der Waals surface area contributed by atoms with Gasteiger partial charge < -0.3 is 19.6 Å². The number of hydrazone groups is 1. The van der Waals surface area contributed by atoms with Crippen LogP contribution < -0.4 is 14.8 Å². The van der Waals surface area contributed by atoms with E-state index in [1.54, 1.807) is 31.4 Å². The minimum absolute atomic E-state index is 0.437. The number of halogens is 1. The first kappa shape index (κ1) is 19.0. The monoisotopic (exact) mass is 387 g/mol. The van der Waals surface area contributed by atoms with E-state index in [9.17, 15) is 4.79 Å². The third-order valence-corrected chi connectivity index (χ3v) is 4.93. The largest absolute Gasteiger partial charge is 0.493 e. The van der Waals surface area contributed by atoms with Gasteiger partial charge in [-0.1, -0.05) is 23.7 Å². The number of carbonyl (C=O) groups excluding carboxylic acids is 1. The van der Waals surface area contributed by atoms with E-state index in [4.69, 9.17) is 21.1 Å². The first-order chi connectivity index (χ1) is 13.1. The van der Waals surface area contributed by atoms with Gasteiger partial charge in [-0.05, 0) is 23.8 Å². The molecule has 1 aliphatic heterocycles. The number of rotatable bonds is 7. The van der Waals surface area contributed by atoms with Crippen molar-refractivity contribution < 1.29 is 14.3 Å². The van der Waals surface area contributed by atoms with Crippen LogP contribution in [0.3, 0.4) is 0 Å². The molecule has 2 aromatic rings. The van der Waals surface area contributed by atoms with E-state index >= 15 is 0 Å². The molecule has 0 saturated carbocycles. The van der Waals surface area contributed by atoms with Gasteiger partial charge in [-0.15, -0.1) is 0 Å². The summed E-state index contributed by atoms with van der Waals surface area (Å²) in [6, 6.07) is 10.8. The van der Waals surface area contributed by atoms with Gasteiger partial charge >= 0.3 is 0 Å². The second-order valence-corrected chi connectivity index (χ2v) is 6.50. The van der Waals surface area contributed by atoms with Gasteiger partial charge in [-0.3, -0.25) is 5.01 Å². The van der Waals surface area contributed by atoms with Crippen molar-refractivity contribution in [1.29, 1.82) is 0 Å². The normalized spacial score (nSPS) is 14.5. The molecule has 3 rings (SSSR count). The Bertz CT molecular complexity index is 852. The predicted octanol–water partition coefficient (Wildman–Crippen LogP) is 3.75. The molecule has 1 N–H and O–H groups in total. The Labute approximate surface area is 163 Å². The number of hydrogen-bond donors (Lipinski definition) is 1. The van der Waals surface area contributed by atoms with Crippen LogP contribution in [0, 0.1) is 0 Å². The van der Waals surface area contributed by atoms with Gasteiger partial charge in [0.25, 0.3) is 0 Å². The van der Waals surface area contributed by atoms with Gasteiger partial charge in [0.1, 0.15) is 12.3 Å². The summed E-state index contributed by atoms with van der Waals surface area (Å²) in [7, 11) is 4.97. The highest BCUT2D eigenvalue weighted by molar-refractivity contribution is 6.31. The van der Waals surface area contributed by atoms with Crippen LogP contribution in [0.4, 0.5) is 5.69 Å². The van der Waals surface area contributed by atoms with Gasteiger partial charge in [0.05, 0.1) is 25.0 Å². The quantitative estimate of drug-likeness (QED) is 0.733. The second kappa shape index (κ2) is 8.31. The number of hydrogen-bond acceptors (Lipinski definition) is 6. The van der Waals surface area contributed by atoms with Crippen LogP contribution in [0.2, 0.25) is 5.02 Å². The summed E-state index contributed by atoms with van der Waals surface area (Å²) in [5.41, 5.74) is 3.66. The summed E-state index contributed by atoms with van der Waals surface area (Å²) < 4.78 is 10.6. The van der Waals surface area contributed by atoms with E-state index in [-0.39, 0.29) is 0 Å². The van der Waals surface area contributed by atoms with Gasteiger partial charge in [0, 0.05) is 37.3 Å². The Kier molecular flexibility index (Phi) is 5.86. The van der Waals surface area contributed by atoms with Crippen LogP contribution in [0.1, 0.15) is 23.6 Å². The molecule has 2 aromatic carbocycles. The average Bonchev–Trinajstić information content (AvgIpc) is 3.19. The summed E-state index contributed by atoms with van der Waals surface area (Å²) in [4.78, 5) is 11.9. The number of nitrogens with one attached hydrogen (secondary N) is 1. The standard InChI is InChI=1S/C20H22ClN3O3/c1-22-14-6-4-13(5-7-14)17-8-9-24(23-17)18(12-25)15-10-19(26-2)20(27-3)11-16(15)21/h4-7,10-12,18,22H,8-9H2,1-3H3. The Morgan fingerprint density at radius 1 is 1.19 bits per heavy atom. The van der Waals surface area contributed by atoms with Crippen LogP contribution in [0.15, 0.2) is 41.5 Å². The van der Waals surface area contributed by atoms with Crippen molar-refractivity contribution in [3.05, 3.63) is 52.5 Å². The fourth-order valence-corrected chi connectivity index (χ4v) is 3.37. The molecule has 27 heavy (non-hydrogen) atoms. The molecule has 7 heteroatoms. The highest BCUT2D eigenvalue weighted by atomic mass is 35.5. The molecule has 0 amide bonds. The fourth-order valence-electron chi connectivity index (χ4n) is 3.11. The lowest BCUT2D eigenvalue weighted by atomic mass is 10.1. The van der Waals surface area contributed by atoms with Crippen molar-refractivity contribution in [3.8, 4) is 11.5 Å². The zero-order chi connectivity index (χ0) is 19.4. The van der Waals surface area contributed by atoms with Crippen molar-refractivity contribution in [2.24, 2.45) is 5.10 Å². The van der Waals surface area contributed by atoms with Crippen molar-refractivity contribution in [1.82, 2.24) is 5.01 Å². The summed E-state index contributed by atoms with van der Waals surface area (Å²) in [6.45, 7) is 0.636. The Balaban J connectivity index is 1.90.